The first kappa shape index (κ1) is 26.2. The van der Waals surface area contributed by atoms with E-state index in [1.54, 1.807) is 0 Å². The van der Waals surface area contributed by atoms with E-state index in [-0.39, 0.29) is 5.97 Å². The zero-order valence-electron chi connectivity index (χ0n) is 19.3. The molecule has 0 spiro atoms. The first-order valence-corrected chi connectivity index (χ1v) is 11.8. The molecular weight excluding hydrogens is 370 g/mol. The first-order chi connectivity index (χ1) is 14.7. The average molecular weight is 414 g/mol. The summed E-state index contributed by atoms with van der Waals surface area (Å²) in [6.07, 6.45) is 31.7. The number of allylic oxidation sites excluding steroid dienone is 10. The molecule has 0 aliphatic carbocycles. The number of carbonyl (C=O) groups excluding carboxylic acids is 1. The largest absolute Gasteiger partial charge is 0.465 e. The number of rotatable bonds is 15. The number of piperidine rings is 1. The minimum Gasteiger partial charge on any atom is -0.465 e. The fourth-order valence-electron chi connectivity index (χ4n) is 3.24. The lowest BCUT2D eigenvalue weighted by molar-refractivity contribution is -0.145. The van der Waals surface area contributed by atoms with E-state index in [1.807, 2.05) is 0 Å². The molecule has 0 bridgehead atoms. The molecule has 3 nitrogen and oxygen atoms in total. The summed E-state index contributed by atoms with van der Waals surface area (Å²) in [5.41, 5.74) is 0. The number of likely N-dealkylation sites (tertiary alicyclic amines) is 1. The van der Waals surface area contributed by atoms with E-state index in [0.717, 1.165) is 70.9 Å². The molecule has 0 radical (unpaired) electrons. The Labute approximate surface area is 185 Å². The second kappa shape index (κ2) is 19.1. The summed E-state index contributed by atoms with van der Waals surface area (Å²) >= 11 is 0. The molecule has 0 amide bonds. The van der Waals surface area contributed by atoms with Gasteiger partial charge in [-0.1, -0.05) is 67.7 Å². The van der Waals surface area contributed by atoms with Crippen LogP contribution in [0.5, 0.6) is 0 Å². The van der Waals surface area contributed by atoms with Gasteiger partial charge in [-0.2, -0.15) is 0 Å². The third kappa shape index (κ3) is 16.0. The van der Waals surface area contributed by atoms with Crippen molar-refractivity contribution in [2.45, 2.75) is 71.1 Å². The van der Waals surface area contributed by atoms with Crippen LogP contribution in [-0.4, -0.2) is 37.6 Å². The van der Waals surface area contributed by atoms with Crippen molar-refractivity contribution < 1.29 is 9.53 Å². The summed E-state index contributed by atoms with van der Waals surface area (Å²) in [7, 11) is 2.15. The number of hydrogen-bond donors (Lipinski definition) is 0. The number of carbonyl (C=O) groups is 1. The van der Waals surface area contributed by atoms with E-state index in [0.29, 0.717) is 18.9 Å². The van der Waals surface area contributed by atoms with Gasteiger partial charge >= 0.3 is 5.97 Å². The molecule has 0 saturated carbocycles. The highest BCUT2D eigenvalue weighted by molar-refractivity contribution is 5.69. The van der Waals surface area contributed by atoms with Gasteiger partial charge in [0.25, 0.3) is 0 Å². The summed E-state index contributed by atoms with van der Waals surface area (Å²) < 4.78 is 5.44. The summed E-state index contributed by atoms with van der Waals surface area (Å²) in [6, 6.07) is 0. The van der Waals surface area contributed by atoms with Crippen molar-refractivity contribution in [3.05, 3.63) is 60.8 Å². The van der Waals surface area contributed by atoms with Crippen LogP contribution < -0.4 is 0 Å². The molecule has 3 heteroatoms. The number of ether oxygens (including phenoxy) is 1. The lowest BCUT2D eigenvalue weighted by Gasteiger charge is -2.28. The third-order valence-electron chi connectivity index (χ3n) is 5.23. The van der Waals surface area contributed by atoms with Crippen molar-refractivity contribution in [1.82, 2.24) is 4.90 Å². The van der Waals surface area contributed by atoms with Crippen LogP contribution in [0.3, 0.4) is 0 Å². The van der Waals surface area contributed by atoms with E-state index in [1.165, 1.54) is 0 Å². The summed E-state index contributed by atoms with van der Waals surface area (Å²) in [4.78, 5) is 14.2. The van der Waals surface area contributed by atoms with Gasteiger partial charge in [0.15, 0.2) is 0 Å². The molecule has 0 unspecified atom stereocenters. The van der Waals surface area contributed by atoms with Crippen molar-refractivity contribution in [3.63, 3.8) is 0 Å². The maximum absolute atomic E-state index is 11.8. The van der Waals surface area contributed by atoms with Crippen molar-refractivity contribution in [2.75, 3.05) is 26.7 Å². The van der Waals surface area contributed by atoms with Crippen LogP contribution in [0.2, 0.25) is 0 Å². The molecule has 1 rings (SSSR count). The molecule has 0 aromatic rings. The van der Waals surface area contributed by atoms with Gasteiger partial charge in [-0.15, -0.1) is 0 Å². The Bertz CT molecular complexity index is 563. The van der Waals surface area contributed by atoms with Gasteiger partial charge in [0.05, 0.1) is 6.61 Å². The predicted octanol–water partition coefficient (Wildman–Crippen LogP) is 6.79. The van der Waals surface area contributed by atoms with Crippen LogP contribution >= 0.6 is 0 Å². The zero-order valence-corrected chi connectivity index (χ0v) is 19.3. The molecule has 1 aliphatic heterocycles. The highest BCUT2D eigenvalue weighted by Gasteiger charge is 2.17. The van der Waals surface area contributed by atoms with Gasteiger partial charge in [-0.25, -0.2) is 0 Å². The average Bonchev–Trinajstić information content (AvgIpc) is 2.75. The Morgan fingerprint density at radius 2 is 1.33 bits per heavy atom. The van der Waals surface area contributed by atoms with E-state index in [4.69, 9.17) is 4.74 Å². The number of esters is 1. The van der Waals surface area contributed by atoms with Crippen molar-refractivity contribution in [3.8, 4) is 0 Å². The maximum atomic E-state index is 11.8. The van der Waals surface area contributed by atoms with Crippen molar-refractivity contribution in [1.29, 1.82) is 0 Å². The molecule has 30 heavy (non-hydrogen) atoms. The van der Waals surface area contributed by atoms with Gasteiger partial charge in [-0.3, -0.25) is 4.79 Å². The SMILES string of the molecule is CC/C=C\C/C=C\C/C=C\C/C=C\C/C=C\CCCC(=O)OCC1CCN(C)CC1. The van der Waals surface area contributed by atoms with Crippen LogP contribution in [-0.2, 0) is 9.53 Å². The highest BCUT2D eigenvalue weighted by Crippen LogP contribution is 2.16. The van der Waals surface area contributed by atoms with Gasteiger partial charge in [0, 0.05) is 6.42 Å². The Morgan fingerprint density at radius 1 is 0.833 bits per heavy atom. The second-order valence-electron chi connectivity index (χ2n) is 8.03. The van der Waals surface area contributed by atoms with Crippen LogP contribution in [0, 0.1) is 5.92 Å². The van der Waals surface area contributed by atoms with E-state index in [9.17, 15) is 4.79 Å². The standard InChI is InChI=1S/C27H43NO2/c1-3-4-5-6-7-8-9-10-11-12-13-14-15-16-17-18-19-20-27(29)30-25-26-21-23-28(2)24-22-26/h4-5,7-8,10-11,13-14,16-17,26H,3,6,9,12,15,18-25H2,1-2H3/b5-4-,8-7-,11-10-,14-13-,17-16-. The number of nitrogens with zero attached hydrogens (tertiary/aromatic N) is 1. The van der Waals surface area contributed by atoms with E-state index < -0.39 is 0 Å². The van der Waals surface area contributed by atoms with Crippen LogP contribution in [0.15, 0.2) is 60.8 Å². The molecule has 1 fully saturated rings. The Kier molecular flexibility index (Phi) is 16.7. The summed E-state index contributed by atoms with van der Waals surface area (Å²) in [6.45, 7) is 5.00. The molecule has 0 aromatic carbocycles. The Hall–Kier alpha value is -1.87. The minimum atomic E-state index is -0.0405. The van der Waals surface area contributed by atoms with Crippen LogP contribution in [0.1, 0.15) is 71.1 Å². The molecule has 168 valence electrons. The quantitative estimate of drug-likeness (QED) is 0.168. The monoisotopic (exact) mass is 413 g/mol. The Morgan fingerprint density at radius 3 is 1.87 bits per heavy atom. The normalized spacial score (nSPS) is 16.9. The lowest BCUT2D eigenvalue weighted by atomic mass is 9.98. The van der Waals surface area contributed by atoms with Crippen molar-refractivity contribution in [2.24, 2.45) is 5.92 Å². The fraction of sp³-hybridized carbons (Fsp3) is 0.593. The summed E-state index contributed by atoms with van der Waals surface area (Å²) in [5, 5.41) is 0. The van der Waals surface area contributed by atoms with Gasteiger partial charge in [-0.05, 0) is 83.8 Å². The topological polar surface area (TPSA) is 29.5 Å². The van der Waals surface area contributed by atoms with Gasteiger partial charge < -0.3 is 9.64 Å². The van der Waals surface area contributed by atoms with E-state index in [2.05, 4.69) is 79.6 Å². The van der Waals surface area contributed by atoms with Crippen molar-refractivity contribution >= 4 is 5.97 Å². The van der Waals surface area contributed by atoms with Gasteiger partial charge in [0.1, 0.15) is 0 Å². The molecule has 0 atom stereocenters. The van der Waals surface area contributed by atoms with Crippen LogP contribution in [0.25, 0.3) is 0 Å². The number of unbranched alkanes of at least 4 members (excludes halogenated alkanes) is 1. The lowest BCUT2D eigenvalue weighted by Crippen LogP contribution is -2.32. The predicted molar refractivity (Wildman–Crippen MR) is 129 cm³/mol. The summed E-state index contributed by atoms with van der Waals surface area (Å²) in [5.74, 6) is 0.511. The zero-order chi connectivity index (χ0) is 21.7. The maximum Gasteiger partial charge on any atom is 0.305 e. The molecule has 0 N–H and O–H groups in total. The molecule has 0 aromatic heterocycles. The molecule has 1 saturated heterocycles. The highest BCUT2D eigenvalue weighted by atomic mass is 16.5. The third-order valence-corrected chi connectivity index (χ3v) is 5.23. The minimum absolute atomic E-state index is 0.0405. The molecule has 1 heterocycles. The second-order valence-corrected chi connectivity index (χ2v) is 8.03. The van der Waals surface area contributed by atoms with Crippen LogP contribution in [0.4, 0.5) is 0 Å². The van der Waals surface area contributed by atoms with E-state index >= 15 is 0 Å². The van der Waals surface area contributed by atoms with Gasteiger partial charge in [0.2, 0.25) is 0 Å². The molecular formula is C27H43NO2. The first-order valence-electron chi connectivity index (χ1n) is 11.8. The number of hydrogen-bond acceptors (Lipinski definition) is 3. The fourth-order valence-corrected chi connectivity index (χ4v) is 3.24. The smallest absolute Gasteiger partial charge is 0.305 e. The Balaban J connectivity index is 1.92. The molecule has 1 aliphatic rings.